The molecule has 1 saturated heterocycles. The topological polar surface area (TPSA) is 6.48 Å². The molecule has 1 aliphatic heterocycles. The van der Waals surface area contributed by atoms with Crippen LogP contribution in [0.2, 0.25) is 0 Å². The summed E-state index contributed by atoms with van der Waals surface area (Å²) in [6.45, 7) is 2.42. The van der Waals surface area contributed by atoms with Crippen molar-refractivity contribution in [2.24, 2.45) is 5.92 Å². The zero-order chi connectivity index (χ0) is 15.4. The molecule has 2 atom stereocenters. The maximum atomic E-state index is 2.73. The van der Waals surface area contributed by atoms with Gasteiger partial charge in [0.05, 0.1) is 0 Å². The van der Waals surface area contributed by atoms with Crippen LogP contribution in [-0.4, -0.2) is 38.1 Å². The van der Waals surface area contributed by atoms with Gasteiger partial charge in [-0.15, -0.1) is 0 Å². The molecule has 120 valence electrons. The first-order valence-corrected chi connectivity index (χ1v) is 8.92. The summed E-state index contributed by atoms with van der Waals surface area (Å²) in [5, 5.41) is 0. The van der Waals surface area contributed by atoms with E-state index in [1.807, 2.05) is 0 Å². The third-order valence-corrected chi connectivity index (χ3v) is 5.42. The van der Waals surface area contributed by atoms with E-state index in [9.17, 15) is 0 Å². The largest absolute Gasteiger partial charge is 0.378 e. The van der Waals surface area contributed by atoms with Crippen LogP contribution in [0.3, 0.4) is 0 Å². The molecule has 1 saturated carbocycles. The monoisotopic (exact) mass is 298 g/mol. The Morgan fingerprint density at radius 1 is 1.05 bits per heavy atom. The number of benzene rings is 1. The van der Waals surface area contributed by atoms with Gasteiger partial charge < -0.3 is 4.90 Å². The number of hydrogen-bond donors (Lipinski definition) is 0. The molecule has 0 bridgehead atoms. The van der Waals surface area contributed by atoms with Gasteiger partial charge in [0, 0.05) is 32.4 Å². The lowest BCUT2D eigenvalue weighted by Crippen LogP contribution is -2.46. The van der Waals surface area contributed by atoms with Crippen LogP contribution in [-0.2, 0) is 0 Å². The molecule has 0 amide bonds. The van der Waals surface area contributed by atoms with Gasteiger partial charge in [-0.1, -0.05) is 37.1 Å². The Labute approximate surface area is 135 Å². The Hall–Kier alpha value is -1.28. The van der Waals surface area contributed by atoms with Crippen molar-refractivity contribution >= 4 is 11.8 Å². The highest BCUT2D eigenvalue weighted by atomic mass is 15.2. The van der Waals surface area contributed by atoms with Gasteiger partial charge in [0.2, 0.25) is 0 Å². The van der Waals surface area contributed by atoms with Crippen molar-refractivity contribution in [3.63, 3.8) is 0 Å². The number of likely N-dealkylation sites (tertiary alicyclic amines) is 1. The number of fused-ring (bicyclic) bond motifs is 1. The van der Waals surface area contributed by atoms with E-state index in [4.69, 9.17) is 0 Å². The molecule has 1 aliphatic carbocycles. The molecular formula is C20H30N2. The lowest BCUT2D eigenvalue weighted by molar-refractivity contribution is 0.0713. The van der Waals surface area contributed by atoms with Crippen LogP contribution in [0.1, 0.15) is 44.1 Å². The van der Waals surface area contributed by atoms with Gasteiger partial charge in [0.1, 0.15) is 0 Å². The second kappa shape index (κ2) is 7.32. The van der Waals surface area contributed by atoms with Gasteiger partial charge in [-0.2, -0.15) is 0 Å². The van der Waals surface area contributed by atoms with E-state index in [1.165, 1.54) is 56.3 Å². The molecule has 2 aliphatic rings. The van der Waals surface area contributed by atoms with Gasteiger partial charge >= 0.3 is 0 Å². The van der Waals surface area contributed by atoms with Crippen molar-refractivity contribution in [3.8, 4) is 0 Å². The second-order valence-corrected chi connectivity index (χ2v) is 7.14. The molecule has 2 nitrogen and oxygen atoms in total. The SMILES string of the molecule is CN(C)c1ccc(C=CCN2CCCC3CCCCC32)cc1. The summed E-state index contributed by atoms with van der Waals surface area (Å²) in [6, 6.07) is 9.68. The van der Waals surface area contributed by atoms with Crippen LogP contribution in [0, 0.1) is 5.92 Å². The zero-order valence-corrected chi connectivity index (χ0v) is 14.2. The third-order valence-electron chi connectivity index (χ3n) is 5.42. The number of rotatable bonds is 4. The second-order valence-electron chi connectivity index (χ2n) is 7.14. The zero-order valence-electron chi connectivity index (χ0n) is 14.2. The van der Waals surface area contributed by atoms with E-state index in [0.29, 0.717) is 0 Å². The molecule has 1 heterocycles. The number of nitrogens with zero attached hydrogens (tertiary/aromatic N) is 2. The van der Waals surface area contributed by atoms with Gasteiger partial charge in [0.25, 0.3) is 0 Å². The van der Waals surface area contributed by atoms with Crippen LogP contribution in [0.4, 0.5) is 5.69 Å². The Morgan fingerprint density at radius 2 is 1.77 bits per heavy atom. The maximum Gasteiger partial charge on any atom is 0.0361 e. The summed E-state index contributed by atoms with van der Waals surface area (Å²) >= 11 is 0. The van der Waals surface area contributed by atoms with Crippen LogP contribution >= 0.6 is 0 Å². The smallest absolute Gasteiger partial charge is 0.0361 e. The Balaban J connectivity index is 1.56. The minimum atomic E-state index is 0.864. The molecule has 0 radical (unpaired) electrons. The third kappa shape index (κ3) is 3.73. The predicted molar refractivity (Wildman–Crippen MR) is 96.4 cm³/mol. The average Bonchev–Trinajstić information content (AvgIpc) is 2.55. The summed E-state index contributed by atoms with van der Waals surface area (Å²) in [4.78, 5) is 4.88. The van der Waals surface area contributed by atoms with E-state index in [-0.39, 0.29) is 0 Å². The minimum absolute atomic E-state index is 0.864. The molecule has 3 rings (SSSR count). The summed E-state index contributed by atoms with van der Waals surface area (Å²) in [5.41, 5.74) is 2.57. The number of piperidine rings is 1. The fraction of sp³-hybridized carbons (Fsp3) is 0.600. The van der Waals surface area contributed by atoms with Gasteiger partial charge in [-0.3, -0.25) is 4.90 Å². The molecule has 0 aromatic heterocycles. The van der Waals surface area contributed by atoms with E-state index in [2.05, 4.69) is 60.3 Å². The highest BCUT2D eigenvalue weighted by molar-refractivity contribution is 5.55. The van der Waals surface area contributed by atoms with Crippen LogP contribution in [0.25, 0.3) is 6.08 Å². The molecule has 2 unspecified atom stereocenters. The number of anilines is 1. The fourth-order valence-electron chi connectivity index (χ4n) is 4.16. The summed E-state index contributed by atoms with van der Waals surface area (Å²) in [5.74, 6) is 0.982. The van der Waals surface area contributed by atoms with Crippen molar-refractivity contribution < 1.29 is 0 Å². The maximum absolute atomic E-state index is 2.73. The van der Waals surface area contributed by atoms with E-state index in [1.54, 1.807) is 0 Å². The predicted octanol–water partition coefficient (Wildman–Crippen LogP) is 4.42. The minimum Gasteiger partial charge on any atom is -0.378 e. The van der Waals surface area contributed by atoms with Crippen molar-refractivity contribution in [3.05, 3.63) is 35.9 Å². The lowest BCUT2D eigenvalue weighted by Gasteiger charge is -2.43. The average molecular weight is 298 g/mol. The molecule has 2 heteroatoms. The lowest BCUT2D eigenvalue weighted by atomic mass is 9.78. The summed E-state index contributed by atoms with van der Waals surface area (Å²) < 4.78 is 0. The first kappa shape index (κ1) is 15.6. The normalized spacial score (nSPS) is 26.1. The van der Waals surface area contributed by atoms with Crippen LogP contribution in [0.15, 0.2) is 30.3 Å². The van der Waals surface area contributed by atoms with Gasteiger partial charge in [0.15, 0.2) is 0 Å². The molecule has 22 heavy (non-hydrogen) atoms. The van der Waals surface area contributed by atoms with E-state index >= 15 is 0 Å². The molecular weight excluding hydrogens is 268 g/mol. The van der Waals surface area contributed by atoms with Gasteiger partial charge in [-0.25, -0.2) is 0 Å². The molecule has 1 aromatic carbocycles. The summed E-state index contributed by atoms with van der Waals surface area (Å²) in [6.07, 6.45) is 13.3. The van der Waals surface area contributed by atoms with E-state index < -0.39 is 0 Å². The van der Waals surface area contributed by atoms with Crippen molar-refractivity contribution in [1.82, 2.24) is 4.90 Å². The van der Waals surface area contributed by atoms with Crippen molar-refractivity contribution in [1.29, 1.82) is 0 Å². The molecule has 2 fully saturated rings. The molecule has 0 spiro atoms. The standard InChI is InChI=1S/C20H30N2/c1-21(2)19-13-11-17(12-14-19)7-5-15-22-16-6-9-18-8-3-4-10-20(18)22/h5,7,11-14,18,20H,3-4,6,8-10,15-16H2,1-2H3. The van der Waals surface area contributed by atoms with Crippen LogP contribution < -0.4 is 4.90 Å². The molecule has 1 aromatic rings. The van der Waals surface area contributed by atoms with Gasteiger partial charge in [-0.05, 0) is 55.8 Å². The Kier molecular flexibility index (Phi) is 5.20. The highest BCUT2D eigenvalue weighted by Crippen LogP contribution is 2.35. The fourth-order valence-corrected chi connectivity index (χ4v) is 4.16. The van der Waals surface area contributed by atoms with Crippen LogP contribution in [0.5, 0.6) is 0 Å². The van der Waals surface area contributed by atoms with E-state index in [0.717, 1.165) is 18.5 Å². The van der Waals surface area contributed by atoms with Crippen molar-refractivity contribution in [2.45, 2.75) is 44.6 Å². The Bertz CT molecular complexity index is 487. The first-order valence-electron chi connectivity index (χ1n) is 8.92. The number of hydrogen-bond acceptors (Lipinski definition) is 2. The quantitative estimate of drug-likeness (QED) is 0.812. The van der Waals surface area contributed by atoms with Crippen molar-refractivity contribution in [2.75, 3.05) is 32.1 Å². The molecule has 0 N–H and O–H groups in total. The Morgan fingerprint density at radius 3 is 2.55 bits per heavy atom. The highest BCUT2D eigenvalue weighted by Gasteiger charge is 2.32. The summed E-state index contributed by atoms with van der Waals surface area (Å²) in [7, 11) is 4.17. The first-order chi connectivity index (χ1) is 10.7.